The minimum absolute atomic E-state index is 0.114. The van der Waals surface area contributed by atoms with Crippen molar-refractivity contribution in [2.75, 3.05) is 24.3 Å². The summed E-state index contributed by atoms with van der Waals surface area (Å²) in [4.78, 5) is 34.2. The third kappa shape index (κ3) is 5.89. The van der Waals surface area contributed by atoms with Crippen molar-refractivity contribution in [3.63, 3.8) is 0 Å². The minimum atomic E-state index is -4.46. The number of halogens is 3. The highest BCUT2D eigenvalue weighted by molar-refractivity contribution is 6.04. The van der Waals surface area contributed by atoms with Crippen LogP contribution in [0.25, 0.3) is 0 Å². The van der Waals surface area contributed by atoms with Gasteiger partial charge in [-0.1, -0.05) is 19.1 Å². The van der Waals surface area contributed by atoms with E-state index in [4.69, 9.17) is 4.74 Å². The Hall–Kier alpha value is -3.95. The number of nitrogens with one attached hydrogen (secondary N) is 1. The number of hydrogen-bond acceptors (Lipinski definition) is 6. The lowest BCUT2D eigenvalue weighted by Gasteiger charge is -2.18. The molecule has 0 bridgehead atoms. The lowest BCUT2D eigenvalue weighted by atomic mass is 10.00. The summed E-state index contributed by atoms with van der Waals surface area (Å²) in [5.74, 6) is 0.0455. The van der Waals surface area contributed by atoms with Crippen molar-refractivity contribution < 1.29 is 27.5 Å². The fourth-order valence-corrected chi connectivity index (χ4v) is 3.15. The summed E-state index contributed by atoms with van der Waals surface area (Å²) in [5, 5.41) is 2.67. The Morgan fingerprint density at radius 3 is 2.18 bits per heavy atom. The number of carbonyl (C=O) groups excluding carboxylic acids is 2. The molecule has 1 heterocycles. The predicted octanol–water partition coefficient (Wildman–Crippen LogP) is 4.89. The molecule has 3 aromatic rings. The molecule has 0 spiro atoms. The van der Waals surface area contributed by atoms with Crippen LogP contribution >= 0.6 is 0 Å². The van der Waals surface area contributed by atoms with Crippen LogP contribution in [0.5, 0.6) is 5.75 Å². The second kappa shape index (κ2) is 9.90. The van der Waals surface area contributed by atoms with Crippen LogP contribution in [0.3, 0.4) is 0 Å². The molecule has 0 aliphatic rings. The van der Waals surface area contributed by atoms with E-state index in [1.165, 1.54) is 13.1 Å². The summed E-state index contributed by atoms with van der Waals surface area (Å²) in [5.41, 5.74) is 0.657. The number of esters is 1. The van der Waals surface area contributed by atoms with Crippen LogP contribution in [0.1, 0.15) is 47.1 Å². The molecule has 1 N–H and O–H groups in total. The molecule has 0 aliphatic heterocycles. The normalized spacial score (nSPS) is 12.1. The Kier molecular flexibility index (Phi) is 7.19. The van der Waals surface area contributed by atoms with Crippen molar-refractivity contribution in [3.8, 4) is 5.75 Å². The van der Waals surface area contributed by atoms with Gasteiger partial charge < -0.3 is 15.0 Å². The number of alkyl halides is 3. The van der Waals surface area contributed by atoms with Crippen molar-refractivity contribution in [2.45, 2.75) is 25.9 Å². The van der Waals surface area contributed by atoms with E-state index in [9.17, 15) is 22.8 Å². The maximum Gasteiger partial charge on any atom is 0.416 e. The van der Waals surface area contributed by atoms with E-state index in [0.717, 1.165) is 29.8 Å². The number of anilines is 2. The number of hydrogen-bond donors (Lipinski definition) is 1. The fourth-order valence-electron chi connectivity index (χ4n) is 3.15. The summed E-state index contributed by atoms with van der Waals surface area (Å²) in [7, 11) is 3.55. The highest BCUT2D eigenvalue weighted by Crippen LogP contribution is 2.30. The Balaban J connectivity index is 1.73. The van der Waals surface area contributed by atoms with E-state index >= 15 is 0 Å². The molecule has 0 fully saturated rings. The van der Waals surface area contributed by atoms with Gasteiger partial charge in [0, 0.05) is 38.2 Å². The zero-order chi connectivity index (χ0) is 25.0. The molecule has 1 amide bonds. The van der Waals surface area contributed by atoms with Gasteiger partial charge in [0.25, 0.3) is 5.91 Å². The highest BCUT2D eigenvalue weighted by Gasteiger charge is 2.30. The number of aromatic nitrogens is 2. The number of carbonyl (C=O) groups is 2. The van der Waals surface area contributed by atoms with Crippen LogP contribution in [0.2, 0.25) is 0 Å². The maximum atomic E-state index is 12.7. The zero-order valence-electron chi connectivity index (χ0n) is 19.0. The minimum Gasteiger partial charge on any atom is -0.421 e. The van der Waals surface area contributed by atoms with Crippen LogP contribution in [0, 0.1) is 0 Å². The molecular formula is C24H23F3N4O3. The number of amides is 1. The quantitative estimate of drug-likeness (QED) is 0.515. The van der Waals surface area contributed by atoms with E-state index in [0.29, 0.717) is 17.3 Å². The first-order chi connectivity index (χ1) is 16.0. The van der Waals surface area contributed by atoms with Gasteiger partial charge in [-0.3, -0.25) is 9.59 Å². The van der Waals surface area contributed by atoms with Gasteiger partial charge in [-0.2, -0.15) is 13.2 Å². The standard InChI is InChI=1S/C24H23F3N4O3/c1-14(21-28-13-20(34-15(2)32)22(30-21)31(3)4)16-7-11-19(12-8-16)29-23(33)17-5-9-18(10-6-17)24(25,26)27/h5-14H,1-4H3,(H,29,33). The topological polar surface area (TPSA) is 84.4 Å². The van der Waals surface area contributed by atoms with Gasteiger partial charge in [0.2, 0.25) is 0 Å². The van der Waals surface area contributed by atoms with Crippen LogP contribution in [-0.2, 0) is 11.0 Å². The van der Waals surface area contributed by atoms with Gasteiger partial charge in [-0.25, -0.2) is 9.97 Å². The van der Waals surface area contributed by atoms with E-state index in [1.807, 2.05) is 6.92 Å². The Morgan fingerprint density at radius 2 is 1.65 bits per heavy atom. The van der Waals surface area contributed by atoms with Crippen molar-refractivity contribution >= 4 is 23.4 Å². The van der Waals surface area contributed by atoms with Gasteiger partial charge in [0.1, 0.15) is 5.82 Å². The molecule has 3 rings (SSSR count). The monoisotopic (exact) mass is 472 g/mol. The zero-order valence-corrected chi connectivity index (χ0v) is 19.0. The number of benzene rings is 2. The number of nitrogens with zero attached hydrogens (tertiary/aromatic N) is 3. The lowest BCUT2D eigenvalue weighted by Crippen LogP contribution is -2.16. The Morgan fingerprint density at radius 1 is 1.03 bits per heavy atom. The van der Waals surface area contributed by atoms with Crippen molar-refractivity contribution in [3.05, 3.63) is 77.2 Å². The van der Waals surface area contributed by atoms with Gasteiger partial charge in [-0.05, 0) is 42.0 Å². The summed E-state index contributed by atoms with van der Waals surface area (Å²) in [6.07, 6.45) is -3.01. The fraction of sp³-hybridized carbons (Fsp3) is 0.250. The predicted molar refractivity (Wildman–Crippen MR) is 121 cm³/mol. The van der Waals surface area contributed by atoms with E-state index < -0.39 is 23.6 Å². The molecule has 0 radical (unpaired) electrons. The second-order valence-corrected chi connectivity index (χ2v) is 7.78. The first-order valence-corrected chi connectivity index (χ1v) is 10.3. The molecule has 34 heavy (non-hydrogen) atoms. The summed E-state index contributed by atoms with van der Waals surface area (Å²) in [6, 6.07) is 11.0. The summed E-state index contributed by atoms with van der Waals surface area (Å²) < 4.78 is 43.2. The number of rotatable bonds is 6. The van der Waals surface area contributed by atoms with Crippen molar-refractivity contribution in [1.82, 2.24) is 9.97 Å². The summed E-state index contributed by atoms with van der Waals surface area (Å²) >= 11 is 0. The van der Waals surface area contributed by atoms with Crippen LogP contribution in [-0.4, -0.2) is 35.9 Å². The van der Waals surface area contributed by atoms with Crippen LogP contribution in [0.15, 0.2) is 54.7 Å². The third-order valence-electron chi connectivity index (χ3n) is 4.96. The third-order valence-corrected chi connectivity index (χ3v) is 4.96. The van der Waals surface area contributed by atoms with Crippen molar-refractivity contribution in [1.29, 1.82) is 0 Å². The number of ether oxygens (including phenoxy) is 1. The SMILES string of the molecule is CC(=O)Oc1cnc(C(C)c2ccc(NC(=O)c3ccc(C(F)(F)F)cc3)cc2)nc1N(C)C. The molecule has 1 atom stereocenters. The van der Waals surface area contributed by atoms with Gasteiger partial charge in [-0.15, -0.1) is 0 Å². The van der Waals surface area contributed by atoms with Gasteiger partial charge in [0.15, 0.2) is 11.6 Å². The maximum absolute atomic E-state index is 12.7. The average Bonchev–Trinajstić information content (AvgIpc) is 2.78. The second-order valence-electron chi connectivity index (χ2n) is 7.78. The first kappa shape index (κ1) is 24.7. The van der Waals surface area contributed by atoms with E-state index in [-0.39, 0.29) is 17.2 Å². The largest absolute Gasteiger partial charge is 0.421 e. The van der Waals surface area contributed by atoms with Crippen molar-refractivity contribution in [2.24, 2.45) is 0 Å². The smallest absolute Gasteiger partial charge is 0.416 e. The average molecular weight is 472 g/mol. The van der Waals surface area contributed by atoms with E-state index in [2.05, 4.69) is 15.3 Å². The first-order valence-electron chi connectivity index (χ1n) is 10.3. The molecule has 0 saturated heterocycles. The van der Waals surface area contributed by atoms with Crippen LogP contribution < -0.4 is 15.0 Å². The molecule has 1 unspecified atom stereocenters. The molecule has 0 saturated carbocycles. The molecule has 7 nitrogen and oxygen atoms in total. The molecule has 2 aromatic carbocycles. The molecule has 1 aromatic heterocycles. The summed E-state index contributed by atoms with van der Waals surface area (Å²) in [6.45, 7) is 3.21. The molecule has 178 valence electrons. The van der Waals surface area contributed by atoms with Gasteiger partial charge >= 0.3 is 12.1 Å². The molecule has 10 heteroatoms. The molecule has 0 aliphatic carbocycles. The van der Waals surface area contributed by atoms with E-state index in [1.54, 1.807) is 43.3 Å². The molecular weight excluding hydrogens is 449 g/mol. The van der Waals surface area contributed by atoms with Gasteiger partial charge in [0.05, 0.1) is 11.8 Å². The van der Waals surface area contributed by atoms with Crippen LogP contribution in [0.4, 0.5) is 24.7 Å². The highest BCUT2D eigenvalue weighted by atomic mass is 19.4. The Bertz CT molecular complexity index is 1180. The Labute approximate surface area is 194 Å². The lowest BCUT2D eigenvalue weighted by molar-refractivity contribution is -0.137.